The van der Waals surface area contributed by atoms with Crippen molar-refractivity contribution in [2.24, 2.45) is 5.73 Å². The van der Waals surface area contributed by atoms with E-state index in [2.05, 4.69) is 5.32 Å². The molecule has 7 heteroatoms. The number of nitrogens with two attached hydrogens (primary N) is 2. The van der Waals surface area contributed by atoms with Gasteiger partial charge in [0, 0.05) is 17.7 Å². The van der Waals surface area contributed by atoms with Gasteiger partial charge in [0.2, 0.25) is 5.91 Å². The Balaban J connectivity index is 2.74. The van der Waals surface area contributed by atoms with Crippen molar-refractivity contribution in [3.63, 3.8) is 0 Å². The lowest BCUT2D eigenvalue weighted by Crippen LogP contribution is -2.42. The van der Waals surface area contributed by atoms with Gasteiger partial charge in [0.1, 0.15) is 6.04 Å². The summed E-state index contributed by atoms with van der Waals surface area (Å²) in [6.45, 7) is 1.84. The molecule has 0 spiro atoms. The van der Waals surface area contributed by atoms with Crippen molar-refractivity contribution in [3.05, 3.63) is 29.8 Å². The number of carbonyl (C=O) groups excluding carboxylic acids is 3. The first-order valence-corrected chi connectivity index (χ1v) is 6.55. The molecular formula is C14H19N3O4. The summed E-state index contributed by atoms with van der Waals surface area (Å²) in [5, 5.41) is 2.53. The minimum Gasteiger partial charge on any atom is -0.464 e. The van der Waals surface area contributed by atoms with Gasteiger partial charge >= 0.3 is 5.97 Å². The van der Waals surface area contributed by atoms with Crippen LogP contribution in [0.2, 0.25) is 0 Å². The van der Waals surface area contributed by atoms with E-state index in [0.717, 1.165) is 0 Å². The van der Waals surface area contributed by atoms with Gasteiger partial charge < -0.3 is 21.5 Å². The van der Waals surface area contributed by atoms with E-state index in [9.17, 15) is 14.4 Å². The third-order valence-electron chi connectivity index (χ3n) is 2.73. The molecule has 0 saturated carbocycles. The van der Waals surface area contributed by atoms with Gasteiger partial charge in [-0.05, 0) is 37.6 Å². The van der Waals surface area contributed by atoms with Crippen LogP contribution >= 0.6 is 0 Å². The molecule has 0 heterocycles. The molecule has 0 aliphatic carbocycles. The van der Waals surface area contributed by atoms with Gasteiger partial charge in [-0.1, -0.05) is 0 Å². The van der Waals surface area contributed by atoms with Crippen molar-refractivity contribution in [2.75, 3.05) is 12.3 Å². The number of hydrogen-bond donors (Lipinski definition) is 3. The van der Waals surface area contributed by atoms with E-state index in [0.29, 0.717) is 11.3 Å². The van der Waals surface area contributed by atoms with Gasteiger partial charge in [-0.25, -0.2) is 4.79 Å². The number of nitrogens with one attached hydrogen (secondary N) is 1. The molecule has 7 nitrogen and oxygen atoms in total. The summed E-state index contributed by atoms with van der Waals surface area (Å²) in [7, 11) is 0. The van der Waals surface area contributed by atoms with Crippen LogP contribution in [0.1, 0.15) is 30.1 Å². The zero-order valence-electron chi connectivity index (χ0n) is 11.8. The summed E-state index contributed by atoms with van der Waals surface area (Å²) in [5.41, 5.74) is 11.5. The molecule has 0 aromatic heterocycles. The molecule has 0 fully saturated rings. The number of amides is 2. The maximum absolute atomic E-state index is 12.0. The molecule has 21 heavy (non-hydrogen) atoms. The molecule has 114 valence electrons. The highest BCUT2D eigenvalue weighted by atomic mass is 16.5. The molecule has 2 amide bonds. The average Bonchev–Trinajstić information content (AvgIpc) is 2.43. The van der Waals surface area contributed by atoms with Crippen LogP contribution in [0, 0.1) is 0 Å². The van der Waals surface area contributed by atoms with Crippen LogP contribution in [-0.4, -0.2) is 30.4 Å². The number of anilines is 1. The summed E-state index contributed by atoms with van der Waals surface area (Å²) in [6, 6.07) is 5.33. The number of ether oxygens (including phenoxy) is 1. The van der Waals surface area contributed by atoms with Gasteiger partial charge in [-0.15, -0.1) is 0 Å². The minimum atomic E-state index is -0.914. The Labute approximate surface area is 122 Å². The second kappa shape index (κ2) is 7.88. The van der Waals surface area contributed by atoms with E-state index in [-0.39, 0.29) is 19.4 Å². The molecule has 5 N–H and O–H groups in total. The quantitative estimate of drug-likeness (QED) is 0.489. The van der Waals surface area contributed by atoms with E-state index in [4.69, 9.17) is 16.2 Å². The van der Waals surface area contributed by atoms with Gasteiger partial charge in [0.25, 0.3) is 5.91 Å². The Bertz CT molecular complexity index is 513. The van der Waals surface area contributed by atoms with Crippen LogP contribution in [0.3, 0.4) is 0 Å². The van der Waals surface area contributed by atoms with E-state index in [1.54, 1.807) is 31.2 Å². The molecule has 0 bridgehead atoms. The lowest BCUT2D eigenvalue weighted by molar-refractivity contribution is -0.145. The maximum Gasteiger partial charge on any atom is 0.328 e. The Morgan fingerprint density at radius 1 is 1.24 bits per heavy atom. The fourth-order valence-corrected chi connectivity index (χ4v) is 1.65. The molecule has 0 aliphatic heterocycles. The largest absolute Gasteiger partial charge is 0.464 e. The standard InChI is InChI=1S/C14H19N3O4/c1-2-21-14(20)11(7-8-12(16)18)17-13(19)9-3-5-10(15)6-4-9/h3-6,11H,2,7-8,15H2,1H3,(H2,16,18)(H,17,19)/t11-/m0/s1. The number of carbonyl (C=O) groups is 3. The predicted molar refractivity (Wildman–Crippen MR) is 77.2 cm³/mol. The van der Waals surface area contributed by atoms with Gasteiger partial charge in [-0.3, -0.25) is 9.59 Å². The van der Waals surface area contributed by atoms with Crippen LogP contribution in [0.15, 0.2) is 24.3 Å². The van der Waals surface area contributed by atoms with Crippen LogP contribution in [-0.2, 0) is 14.3 Å². The van der Waals surface area contributed by atoms with Crippen molar-refractivity contribution in [2.45, 2.75) is 25.8 Å². The lowest BCUT2D eigenvalue weighted by Gasteiger charge is -2.16. The fraction of sp³-hybridized carbons (Fsp3) is 0.357. The van der Waals surface area contributed by atoms with E-state index in [1.807, 2.05) is 0 Å². The third kappa shape index (κ3) is 5.52. The lowest BCUT2D eigenvalue weighted by atomic mass is 10.1. The maximum atomic E-state index is 12.0. The van der Waals surface area contributed by atoms with E-state index in [1.165, 1.54) is 0 Å². The van der Waals surface area contributed by atoms with Crippen molar-refractivity contribution in [3.8, 4) is 0 Å². The highest BCUT2D eigenvalue weighted by molar-refractivity contribution is 5.97. The fourth-order valence-electron chi connectivity index (χ4n) is 1.65. The molecular weight excluding hydrogens is 274 g/mol. The smallest absolute Gasteiger partial charge is 0.328 e. The Kier molecular flexibility index (Phi) is 6.19. The first kappa shape index (κ1) is 16.5. The highest BCUT2D eigenvalue weighted by Gasteiger charge is 2.23. The molecule has 0 radical (unpaired) electrons. The molecule has 1 atom stereocenters. The number of esters is 1. The molecule has 0 unspecified atom stereocenters. The number of hydrogen-bond acceptors (Lipinski definition) is 5. The summed E-state index contributed by atoms with van der Waals surface area (Å²) in [6.07, 6.45) is 0.0698. The van der Waals surface area contributed by atoms with Gasteiger partial charge in [0.05, 0.1) is 6.61 Å². The number of rotatable bonds is 7. The minimum absolute atomic E-state index is 0.0223. The Morgan fingerprint density at radius 3 is 2.38 bits per heavy atom. The SMILES string of the molecule is CCOC(=O)[C@H](CCC(N)=O)NC(=O)c1ccc(N)cc1. The first-order chi connectivity index (χ1) is 9.93. The molecule has 1 rings (SSSR count). The number of nitrogen functional groups attached to an aromatic ring is 1. The predicted octanol–water partition coefficient (Wildman–Crippen LogP) is 0.196. The van der Waals surface area contributed by atoms with Gasteiger partial charge in [0.15, 0.2) is 0 Å². The van der Waals surface area contributed by atoms with Crippen LogP contribution in [0.5, 0.6) is 0 Å². The number of primary amides is 1. The number of benzene rings is 1. The van der Waals surface area contributed by atoms with E-state index >= 15 is 0 Å². The normalized spacial score (nSPS) is 11.5. The van der Waals surface area contributed by atoms with Gasteiger partial charge in [-0.2, -0.15) is 0 Å². The molecule has 1 aromatic carbocycles. The Morgan fingerprint density at radius 2 is 1.86 bits per heavy atom. The molecule has 0 saturated heterocycles. The van der Waals surface area contributed by atoms with Crippen molar-refractivity contribution in [1.29, 1.82) is 0 Å². The zero-order chi connectivity index (χ0) is 15.8. The van der Waals surface area contributed by atoms with Crippen molar-refractivity contribution in [1.82, 2.24) is 5.32 Å². The Hall–Kier alpha value is -2.57. The van der Waals surface area contributed by atoms with E-state index < -0.39 is 23.8 Å². The van der Waals surface area contributed by atoms with Crippen LogP contribution in [0.25, 0.3) is 0 Å². The summed E-state index contributed by atoms with van der Waals surface area (Å²) in [4.78, 5) is 34.6. The topological polar surface area (TPSA) is 125 Å². The molecule has 0 aliphatic rings. The summed E-state index contributed by atoms with van der Waals surface area (Å²) < 4.78 is 4.87. The second-order valence-electron chi connectivity index (χ2n) is 4.41. The van der Waals surface area contributed by atoms with Crippen LogP contribution < -0.4 is 16.8 Å². The monoisotopic (exact) mass is 293 g/mol. The summed E-state index contributed by atoms with van der Waals surface area (Å²) in [5.74, 6) is -1.59. The van der Waals surface area contributed by atoms with Crippen LogP contribution in [0.4, 0.5) is 5.69 Å². The average molecular weight is 293 g/mol. The van der Waals surface area contributed by atoms with Crippen molar-refractivity contribution < 1.29 is 19.1 Å². The third-order valence-corrected chi connectivity index (χ3v) is 2.73. The molecule has 1 aromatic rings. The summed E-state index contributed by atoms with van der Waals surface area (Å²) >= 11 is 0. The second-order valence-corrected chi connectivity index (χ2v) is 4.41. The van der Waals surface area contributed by atoms with Crippen molar-refractivity contribution >= 4 is 23.5 Å². The zero-order valence-corrected chi connectivity index (χ0v) is 11.8. The first-order valence-electron chi connectivity index (χ1n) is 6.55. The highest BCUT2D eigenvalue weighted by Crippen LogP contribution is 2.07.